The van der Waals surface area contributed by atoms with Gasteiger partial charge in [-0.2, -0.15) is 22.7 Å². The molecule has 56 heavy (non-hydrogen) atoms. The molecule has 1 fully saturated rings. The number of anilines is 1. The molecule has 0 radical (unpaired) electrons. The van der Waals surface area contributed by atoms with Gasteiger partial charge in [0, 0.05) is 36.3 Å². The number of rotatable bonds is 7. The first kappa shape index (κ1) is 38.8. The van der Waals surface area contributed by atoms with E-state index in [1.807, 2.05) is 6.92 Å². The Hall–Kier alpha value is -5.49. The summed E-state index contributed by atoms with van der Waals surface area (Å²) in [6.45, 7) is 3.45. The van der Waals surface area contributed by atoms with E-state index in [0.717, 1.165) is 28.8 Å². The lowest BCUT2D eigenvalue weighted by Gasteiger charge is -2.39. The van der Waals surface area contributed by atoms with E-state index in [2.05, 4.69) is 25.4 Å². The number of carbonyl (C=O) groups is 2. The van der Waals surface area contributed by atoms with Crippen molar-refractivity contribution in [3.63, 3.8) is 0 Å². The summed E-state index contributed by atoms with van der Waals surface area (Å²) in [5.41, 5.74) is -1.99. The van der Waals surface area contributed by atoms with Crippen LogP contribution < -0.4 is 10.9 Å². The summed E-state index contributed by atoms with van der Waals surface area (Å²) in [6, 6.07) is 4.76. The zero-order valence-corrected chi connectivity index (χ0v) is 31.3. The van der Waals surface area contributed by atoms with Crippen LogP contribution in [0.1, 0.15) is 70.7 Å². The van der Waals surface area contributed by atoms with E-state index in [0.29, 0.717) is 42.1 Å². The van der Waals surface area contributed by atoms with Crippen LogP contribution in [0.2, 0.25) is 5.02 Å². The molecular weight excluding hydrogens is 765 g/mol. The number of nitrogens with zero attached hydrogens (tertiary/aromatic N) is 8. The summed E-state index contributed by atoms with van der Waals surface area (Å²) in [4.78, 5) is 57.2. The summed E-state index contributed by atoms with van der Waals surface area (Å²) >= 11 is 6.13. The molecule has 1 saturated heterocycles. The van der Waals surface area contributed by atoms with Crippen molar-refractivity contribution >= 4 is 34.9 Å². The molecular formula is C37H35ClF5N9O4. The Morgan fingerprint density at radius 3 is 2.39 bits per heavy atom. The molecule has 7 rings (SSSR count). The van der Waals surface area contributed by atoms with Crippen molar-refractivity contribution in [1.29, 1.82) is 0 Å². The Morgan fingerprint density at radius 1 is 1.09 bits per heavy atom. The molecule has 5 aromatic rings. The van der Waals surface area contributed by atoms with Gasteiger partial charge in [-0.3, -0.25) is 14.4 Å². The Kier molecular flexibility index (Phi) is 9.85. The van der Waals surface area contributed by atoms with Crippen LogP contribution in [-0.4, -0.2) is 83.0 Å². The lowest BCUT2D eigenvalue weighted by Crippen LogP contribution is -2.46. The molecule has 0 saturated carbocycles. The van der Waals surface area contributed by atoms with E-state index in [-0.39, 0.29) is 59.2 Å². The molecule has 1 unspecified atom stereocenters. The molecule has 2 N–H and O–H groups in total. The van der Waals surface area contributed by atoms with Crippen LogP contribution in [0.4, 0.5) is 27.6 Å². The number of halogens is 6. The number of likely N-dealkylation sites (tertiary alicyclic amines) is 1. The van der Waals surface area contributed by atoms with Gasteiger partial charge in [-0.15, -0.1) is 5.10 Å². The van der Waals surface area contributed by atoms with Crippen molar-refractivity contribution < 1.29 is 36.6 Å². The van der Waals surface area contributed by atoms with E-state index >= 15 is 8.78 Å². The Balaban J connectivity index is 1.31. The molecule has 4 heterocycles. The number of nitrogens with one attached hydrogen (secondary N) is 1. The molecule has 1 atom stereocenters. The summed E-state index contributed by atoms with van der Waals surface area (Å²) in [7, 11) is 3.48. The van der Waals surface area contributed by atoms with Gasteiger partial charge in [0.15, 0.2) is 17.3 Å². The highest BCUT2D eigenvalue weighted by Gasteiger charge is 2.49. The number of aryl methyl sites for hydroxylation is 1. The molecule has 2 aliphatic rings. The largest absolute Gasteiger partial charge is 0.504 e. The van der Waals surface area contributed by atoms with Crippen LogP contribution in [-0.2, 0) is 29.5 Å². The highest BCUT2D eigenvalue weighted by molar-refractivity contribution is 6.33. The molecule has 3 aromatic heterocycles. The van der Waals surface area contributed by atoms with Gasteiger partial charge >= 0.3 is 6.18 Å². The maximum absolute atomic E-state index is 15.6. The molecule has 2 aromatic carbocycles. The predicted molar refractivity (Wildman–Crippen MR) is 193 cm³/mol. The monoisotopic (exact) mass is 799 g/mol. The number of carbonyl (C=O) groups excluding carboxylic acids is 2. The fraction of sp³-hybridized carbons (Fsp3) is 0.378. The molecule has 1 aliphatic heterocycles. The first-order valence-corrected chi connectivity index (χ1v) is 17.9. The van der Waals surface area contributed by atoms with Gasteiger partial charge in [0.1, 0.15) is 24.5 Å². The van der Waals surface area contributed by atoms with E-state index < -0.39 is 64.1 Å². The molecule has 13 nitrogen and oxygen atoms in total. The highest BCUT2D eigenvalue weighted by Crippen LogP contribution is 2.50. The quantitative estimate of drug-likeness (QED) is 0.198. The van der Waals surface area contributed by atoms with E-state index in [9.17, 15) is 32.7 Å². The number of aromatic nitrogens is 6. The third kappa shape index (κ3) is 6.84. The molecule has 2 amide bonds. The molecule has 0 bridgehead atoms. The summed E-state index contributed by atoms with van der Waals surface area (Å²) in [5.74, 6) is -4.54. The minimum absolute atomic E-state index is 0.103. The maximum atomic E-state index is 15.6. The fourth-order valence-corrected chi connectivity index (χ4v) is 8.15. The lowest BCUT2D eigenvalue weighted by atomic mass is 9.73. The normalized spacial score (nSPS) is 16.6. The van der Waals surface area contributed by atoms with Crippen LogP contribution in [0.5, 0.6) is 5.75 Å². The first-order valence-electron chi connectivity index (χ1n) is 17.5. The van der Waals surface area contributed by atoms with Crippen molar-refractivity contribution in [3.05, 3.63) is 97.4 Å². The molecule has 1 aliphatic carbocycles. The van der Waals surface area contributed by atoms with Crippen LogP contribution in [0.3, 0.4) is 0 Å². The van der Waals surface area contributed by atoms with Gasteiger partial charge in [0.2, 0.25) is 11.7 Å². The SMILES string of the molecule is Cc1ncnc(C(=O)N2CCC3(CC2)CC(C)c2c3c(=O)n3nc(-c4c(F)cc(CN(C)C)cc4F)nc3n2CC(=O)Nc2ccc(C(F)(F)F)cc2Cl)c1O. The van der Waals surface area contributed by atoms with Crippen molar-refractivity contribution in [3.8, 4) is 17.1 Å². The first-order chi connectivity index (χ1) is 26.4. The Bertz CT molecular complexity index is 2450. The number of piperidine rings is 1. The topological polar surface area (TPSA) is 151 Å². The average molecular weight is 800 g/mol. The van der Waals surface area contributed by atoms with Crippen molar-refractivity contribution in [2.75, 3.05) is 32.5 Å². The minimum Gasteiger partial charge on any atom is -0.504 e. The number of hydrogen-bond donors (Lipinski definition) is 2. The summed E-state index contributed by atoms with van der Waals surface area (Å²) in [5, 5.41) is 16.9. The molecule has 294 valence electrons. The van der Waals surface area contributed by atoms with Crippen molar-refractivity contribution in [1.82, 2.24) is 38.9 Å². The number of benzene rings is 2. The van der Waals surface area contributed by atoms with Crippen molar-refractivity contribution in [2.24, 2.45) is 0 Å². The Labute approximate surface area is 320 Å². The van der Waals surface area contributed by atoms with Crippen molar-refractivity contribution in [2.45, 2.75) is 63.7 Å². The molecule has 1 spiro atoms. The standard InChI is InChI=1S/C37H35ClF5N9O4/c1-18-14-36(7-9-50(10-8-36)34(56)29-31(54)19(2)44-17-45-29)28-30(18)51(16-26(53)46-25-6-5-21(13-22(25)38)37(41,42)43)35-47-32(48-52(35)33(28)55)27-23(39)11-20(12-24(27)40)15-49(3)4/h5-6,11-13,17-18,54H,7-10,14-16H2,1-4H3,(H,46,53). The zero-order valence-electron chi connectivity index (χ0n) is 30.5. The van der Waals surface area contributed by atoms with Crippen LogP contribution >= 0.6 is 11.6 Å². The average Bonchev–Trinajstić information content (AvgIpc) is 3.67. The minimum atomic E-state index is -4.67. The summed E-state index contributed by atoms with van der Waals surface area (Å²) in [6.07, 6.45) is -2.46. The number of hydrogen-bond acceptors (Lipinski definition) is 9. The number of alkyl halides is 3. The predicted octanol–water partition coefficient (Wildman–Crippen LogP) is 5.69. The lowest BCUT2D eigenvalue weighted by molar-refractivity contribution is -0.137. The number of fused-ring (bicyclic) bond motifs is 3. The second-order valence-electron chi connectivity index (χ2n) is 14.5. The third-order valence-corrected chi connectivity index (χ3v) is 10.7. The summed E-state index contributed by atoms with van der Waals surface area (Å²) < 4.78 is 73.4. The van der Waals surface area contributed by atoms with Gasteiger partial charge < -0.3 is 24.8 Å². The second-order valence-corrected chi connectivity index (χ2v) is 15.0. The van der Waals surface area contributed by atoms with E-state index in [1.165, 1.54) is 15.8 Å². The van der Waals surface area contributed by atoms with Gasteiger partial charge in [0.05, 0.1) is 27.5 Å². The van der Waals surface area contributed by atoms with Crippen LogP contribution in [0.15, 0.2) is 41.5 Å². The van der Waals surface area contributed by atoms with E-state index in [4.69, 9.17) is 11.6 Å². The third-order valence-electron chi connectivity index (χ3n) is 10.4. The fourth-order valence-electron chi connectivity index (χ4n) is 7.92. The second kappa shape index (κ2) is 14.2. The highest BCUT2D eigenvalue weighted by atomic mass is 35.5. The molecule has 19 heteroatoms. The van der Waals surface area contributed by atoms with Gasteiger partial charge in [-0.25, -0.2) is 18.7 Å². The van der Waals surface area contributed by atoms with Crippen LogP contribution in [0.25, 0.3) is 17.2 Å². The van der Waals surface area contributed by atoms with Gasteiger partial charge in [-0.05, 0) is 82.1 Å². The van der Waals surface area contributed by atoms with Gasteiger partial charge in [0.25, 0.3) is 11.5 Å². The smallest absolute Gasteiger partial charge is 0.416 e. The van der Waals surface area contributed by atoms with E-state index in [1.54, 1.807) is 25.9 Å². The Morgan fingerprint density at radius 2 is 1.77 bits per heavy atom. The maximum Gasteiger partial charge on any atom is 0.416 e. The number of amides is 2. The zero-order chi connectivity index (χ0) is 40.4. The number of aromatic hydroxyl groups is 1. The van der Waals surface area contributed by atoms with Crippen LogP contribution in [0, 0.1) is 18.6 Å². The van der Waals surface area contributed by atoms with Gasteiger partial charge in [-0.1, -0.05) is 18.5 Å².